The molecule has 2 aliphatic rings. The zero-order chi connectivity index (χ0) is 37.0. The third-order valence-corrected chi connectivity index (χ3v) is 11.1. The van der Waals surface area contributed by atoms with Crippen LogP contribution in [0.15, 0.2) is 217 Å². The van der Waals surface area contributed by atoms with Crippen LogP contribution in [-0.2, 0) is 0 Å². The molecule has 8 aromatic carbocycles. The van der Waals surface area contributed by atoms with Gasteiger partial charge in [0.2, 0.25) is 0 Å². The topological polar surface area (TPSA) is 32.6 Å². The van der Waals surface area contributed by atoms with Gasteiger partial charge in [0.25, 0.3) is 0 Å². The number of hydrogen-bond acceptors (Lipinski definition) is 3. The van der Waals surface area contributed by atoms with E-state index in [1.165, 1.54) is 44.1 Å². The van der Waals surface area contributed by atoms with Crippen LogP contribution in [0.3, 0.4) is 0 Å². The molecule has 0 aliphatic carbocycles. The Bertz CT molecular complexity index is 3010. The molecule has 264 valence electrons. The van der Waals surface area contributed by atoms with Crippen molar-refractivity contribution in [2.45, 2.75) is 6.17 Å². The van der Waals surface area contributed by atoms with E-state index in [0.717, 1.165) is 50.8 Å². The summed E-state index contributed by atoms with van der Waals surface area (Å²) in [5.41, 5.74) is 14.7. The first-order valence-electron chi connectivity index (χ1n) is 19.2. The van der Waals surface area contributed by atoms with Gasteiger partial charge in [0.1, 0.15) is 12.0 Å². The number of nitrogens with one attached hydrogen (secondary N) is 1. The van der Waals surface area contributed by atoms with Gasteiger partial charge in [0.15, 0.2) is 0 Å². The molecular weight excluding hydrogens is 681 g/mol. The summed E-state index contributed by atoms with van der Waals surface area (Å²) in [5, 5.41) is 7.60. The Morgan fingerprint density at radius 3 is 1.95 bits per heavy atom. The number of para-hydroxylation sites is 3. The smallest absolute Gasteiger partial charge is 0.146 e. The number of nitrogens with zero attached hydrogens (tertiary/aromatic N) is 3. The maximum Gasteiger partial charge on any atom is 0.146 e. The fourth-order valence-electron chi connectivity index (χ4n) is 8.58. The van der Waals surface area contributed by atoms with E-state index >= 15 is 0 Å². The van der Waals surface area contributed by atoms with Crippen molar-refractivity contribution in [2.75, 3.05) is 4.90 Å². The number of aliphatic imine (C=N–C) groups is 1. The number of allylic oxidation sites excluding steroid dienone is 1. The molecule has 56 heavy (non-hydrogen) atoms. The second kappa shape index (κ2) is 13.2. The monoisotopic (exact) mass is 716 g/mol. The average molecular weight is 717 g/mol. The van der Waals surface area contributed by atoms with Crippen molar-refractivity contribution in [3.63, 3.8) is 0 Å². The molecule has 4 heteroatoms. The molecule has 1 N–H and O–H groups in total. The Morgan fingerprint density at radius 1 is 0.482 bits per heavy atom. The van der Waals surface area contributed by atoms with Crippen LogP contribution in [0.4, 0.5) is 11.4 Å². The molecular formula is C52H36N4. The summed E-state index contributed by atoms with van der Waals surface area (Å²) in [6.45, 7) is 0. The second-order valence-electron chi connectivity index (χ2n) is 14.4. The van der Waals surface area contributed by atoms with Crippen molar-refractivity contribution < 1.29 is 0 Å². The van der Waals surface area contributed by atoms with E-state index in [1.807, 2.05) is 0 Å². The molecule has 11 rings (SSSR count). The highest BCUT2D eigenvalue weighted by Crippen LogP contribution is 2.53. The average Bonchev–Trinajstić information content (AvgIpc) is 3.56. The van der Waals surface area contributed by atoms with E-state index in [2.05, 4.69) is 221 Å². The summed E-state index contributed by atoms with van der Waals surface area (Å²) < 4.78 is 2.47. The predicted octanol–water partition coefficient (Wildman–Crippen LogP) is 12.9. The fraction of sp³-hybridized carbons (Fsp3) is 0.0192. The number of benzene rings is 8. The first-order valence-corrected chi connectivity index (χ1v) is 19.2. The molecule has 1 atom stereocenters. The van der Waals surface area contributed by atoms with Gasteiger partial charge in [-0.2, -0.15) is 0 Å². The zero-order valence-corrected chi connectivity index (χ0v) is 30.5. The van der Waals surface area contributed by atoms with Gasteiger partial charge in [0, 0.05) is 33.8 Å². The summed E-state index contributed by atoms with van der Waals surface area (Å²) in [6, 6.07) is 71.8. The fourth-order valence-corrected chi connectivity index (χ4v) is 8.58. The Morgan fingerprint density at radius 2 is 1.12 bits per heavy atom. The summed E-state index contributed by atoms with van der Waals surface area (Å²) in [7, 11) is 0. The number of aromatic nitrogens is 1. The maximum absolute atomic E-state index is 5.38. The standard InChI is InChI=1S/C52H36N4/c1-3-16-35(17-4-1)38-22-15-23-40(32-38)52-53-45(37-19-5-2-6-20-37)34-49(54-52)56-47-28-13-10-25-43(47)50-42-24-9-12-27-46(42)55(51(50)44-26-11-14-29-48(44)56)41-31-30-36-18-7-8-21-39(36)33-41/h1-34,52,54H. The van der Waals surface area contributed by atoms with Gasteiger partial charge in [-0.05, 0) is 69.4 Å². The Labute approximate surface area is 326 Å². The maximum atomic E-state index is 5.38. The lowest BCUT2D eigenvalue weighted by atomic mass is 9.98. The van der Waals surface area contributed by atoms with E-state index in [-0.39, 0.29) is 6.17 Å². The van der Waals surface area contributed by atoms with Crippen molar-refractivity contribution >= 4 is 38.8 Å². The first kappa shape index (κ1) is 32.0. The highest BCUT2D eigenvalue weighted by Gasteiger charge is 2.33. The van der Waals surface area contributed by atoms with Gasteiger partial charge in [0.05, 0.1) is 28.3 Å². The van der Waals surface area contributed by atoms with E-state index in [9.17, 15) is 0 Å². The van der Waals surface area contributed by atoms with Crippen molar-refractivity contribution in [1.29, 1.82) is 0 Å². The summed E-state index contributed by atoms with van der Waals surface area (Å²) in [4.78, 5) is 7.80. The number of hydrogen-bond donors (Lipinski definition) is 1. The van der Waals surface area contributed by atoms with Gasteiger partial charge in [-0.3, -0.25) is 9.89 Å². The lowest BCUT2D eigenvalue weighted by Crippen LogP contribution is -2.35. The number of anilines is 2. The Hall–Kier alpha value is -7.43. The van der Waals surface area contributed by atoms with Crippen LogP contribution in [0, 0.1) is 0 Å². The first-order chi connectivity index (χ1) is 27.8. The lowest BCUT2D eigenvalue weighted by molar-refractivity contribution is 0.611. The molecule has 2 aliphatic heterocycles. The Kier molecular flexibility index (Phi) is 7.52. The largest absolute Gasteiger partial charge is 0.346 e. The molecule has 0 amide bonds. The molecule has 1 aromatic heterocycles. The van der Waals surface area contributed by atoms with Crippen molar-refractivity contribution in [3.8, 4) is 39.2 Å². The molecule has 1 unspecified atom stereocenters. The normalized spacial score (nSPS) is 14.6. The highest BCUT2D eigenvalue weighted by atomic mass is 15.3. The molecule has 0 fully saturated rings. The second-order valence-corrected chi connectivity index (χ2v) is 14.4. The van der Waals surface area contributed by atoms with Crippen LogP contribution in [-0.4, -0.2) is 10.3 Å². The lowest BCUT2D eigenvalue weighted by Gasteiger charge is -2.34. The third-order valence-electron chi connectivity index (χ3n) is 11.1. The van der Waals surface area contributed by atoms with Crippen molar-refractivity contribution in [2.24, 2.45) is 4.99 Å². The zero-order valence-electron chi connectivity index (χ0n) is 30.5. The summed E-state index contributed by atoms with van der Waals surface area (Å²) in [6.07, 6.45) is 1.89. The molecule has 0 bridgehead atoms. The van der Waals surface area contributed by atoms with E-state index in [4.69, 9.17) is 4.99 Å². The molecule has 9 aromatic rings. The third kappa shape index (κ3) is 5.26. The molecule has 0 saturated heterocycles. The Balaban J connectivity index is 1.14. The van der Waals surface area contributed by atoms with Crippen LogP contribution in [0.2, 0.25) is 0 Å². The molecule has 0 saturated carbocycles. The summed E-state index contributed by atoms with van der Waals surface area (Å²) >= 11 is 0. The highest BCUT2D eigenvalue weighted by molar-refractivity contribution is 6.14. The van der Waals surface area contributed by atoms with Crippen LogP contribution in [0.25, 0.3) is 60.9 Å². The van der Waals surface area contributed by atoms with Gasteiger partial charge in [-0.1, -0.05) is 164 Å². The van der Waals surface area contributed by atoms with Gasteiger partial charge in [-0.25, -0.2) is 0 Å². The summed E-state index contributed by atoms with van der Waals surface area (Å²) in [5.74, 6) is 0.959. The van der Waals surface area contributed by atoms with Crippen LogP contribution < -0.4 is 10.2 Å². The predicted molar refractivity (Wildman–Crippen MR) is 233 cm³/mol. The SMILES string of the molecule is C1=C(N2c3ccccc3-c3c(n(-c4ccc5ccccc5c4)c4ccccc34)-c3ccccc32)NC(c2cccc(-c3ccccc3)c2)N=C1c1ccccc1. The quantitative estimate of drug-likeness (QED) is 0.192. The minimum atomic E-state index is -0.328. The number of rotatable bonds is 5. The van der Waals surface area contributed by atoms with Crippen LogP contribution in [0.1, 0.15) is 17.3 Å². The van der Waals surface area contributed by atoms with Gasteiger partial charge < -0.3 is 9.88 Å². The van der Waals surface area contributed by atoms with Crippen molar-refractivity contribution in [3.05, 3.63) is 223 Å². The molecule has 0 spiro atoms. The molecule has 3 heterocycles. The van der Waals surface area contributed by atoms with Gasteiger partial charge >= 0.3 is 0 Å². The molecule has 4 nitrogen and oxygen atoms in total. The van der Waals surface area contributed by atoms with E-state index in [1.54, 1.807) is 0 Å². The minimum absolute atomic E-state index is 0.328. The van der Waals surface area contributed by atoms with E-state index in [0.29, 0.717) is 0 Å². The number of fused-ring (bicyclic) bond motifs is 8. The minimum Gasteiger partial charge on any atom is -0.346 e. The van der Waals surface area contributed by atoms with Crippen molar-refractivity contribution in [1.82, 2.24) is 9.88 Å². The van der Waals surface area contributed by atoms with Crippen LogP contribution in [0.5, 0.6) is 0 Å². The van der Waals surface area contributed by atoms with Gasteiger partial charge in [-0.15, -0.1) is 0 Å². The molecule has 0 radical (unpaired) electrons. The van der Waals surface area contributed by atoms with E-state index < -0.39 is 0 Å². The van der Waals surface area contributed by atoms with Crippen LogP contribution >= 0.6 is 0 Å².